The molecule has 1 aliphatic carbocycles. The second-order valence-corrected chi connectivity index (χ2v) is 5.57. The summed E-state index contributed by atoms with van der Waals surface area (Å²) in [5.41, 5.74) is -0.809. The van der Waals surface area contributed by atoms with Gasteiger partial charge in [-0.25, -0.2) is 0 Å². The number of carboxylic acid groups (broad SMARTS) is 1. The third kappa shape index (κ3) is 3.45. The fourth-order valence-corrected chi connectivity index (χ4v) is 2.77. The molecular formula is C15H19NO5. The van der Waals surface area contributed by atoms with Crippen LogP contribution in [0.5, 0.6) is 11.5 Å². The van der Waals surface area contributed by atoms with E-state index in [1.54, 1.807) is 0 Å². The van der Waals surface area contributed by atoms with Gasteiger partial charge in [-0.2, -0.15) is 0 Å². The normalized spacial score (nSPS) is 17.1. The van der Waals surface area contributed by atoms with E-state index in [1.807, 2.05) is 0 Å². The van der Waals surface area contributed by atoms with Gasteiger partial charge in [-0.3, -0.25) is 9.59 Å². The van der Waals surface area contributed by atoms with Crippen LogP contribution in [0.2, 0.25) is 0 Å². The number of benzene rings is 1. The number of amides is 1. The Bertz CT molecular complexity index is 529. The largest absolute Gasteiger partial charge is 0.508 e. The highest BCUT2D eigenvalue weighted by atomic mass is 16.4. The molecule has 0 saturated heterocycles. The maximum atomic E-state index is 12.0. The summed E-state index contributed by atoms with van der Waals surface area (Å²) in [6.45, 7) is 0.0532. The molecule has 1 aromatic rings. The number of nitrogens with one attached hydrogen (secondary N) is 1. The highest BCUT2D eigenvalue weighted by Gasteiger charge is 2.39. The molecule has 4 N–H and O–H groups in total. The number of hydrogen-bond acceptors (Lipinski definition) is 4. The van der Waals surface area contributed by atoms with E-state index in [2.05, 4.69) is 5.32 Å². The Morgan fingerprint density at radius 2 is 1.62 bits per heavy atom. The third-order valence-electron chi connectivity index (χ3n) is 4.02. The van der Waals surface area contributed by atoms with Crippen molar-refractivity contribution >= 4 is 11.9 Å². The molecule has 1 amide bonds. The van der Waals surface area contributed by atoms with E-state index in [0.717, 1.165) is 25.3 Å². The van der Waals surface area contributed by atoms with Gasteiger partial charge in [-0.05, 0) is 25.0 Å². The number of aliphatic carboxylic acids is 1. The first-order valence-electron chi connectivity index (χ1n) is 6.98. The van der Waals surface area contributed by atoms with Crippen LogP contribution in [0.15, 0.2) is 18.2 Å². The van der Waals surface area contributed by atoms with Crippen LogP contribution in [0.1, 0.15) is 42.5 Å². The summed E-state index contributed by atoms with van der Waals surface area (Å²) in [6.07, 6.45) is 3.80. The zero-order valence-electron chi connectivity index (χ0n) is 11.6. The third-order valence-corrected chi connectivity index (χ3v) is 4.02. The van der Waals surface area contributed by atoms with Crippen molar-refractivity contribution in [2.45, 2.75) is 32.1 Å². The van der Waals surface area contributed by atoms with Gasteiger partial charge >= 0.3 is 5.97 Å². The predicted octanol–water partition coefficient (Wildman–Crippen LogP) is 1.86. The molecule has 0 aromatic heterocycles. The van der Waals surface area contributed by atoms with E-state index in [-0.39, 0.29) is 23.6 Å². The number of aromatic hydroxyl groups is 2. The molecule has 0 radical (unpaired) electrons. The Labute approximate surface area is 122 Å². The van der Waals surface area contributed by atoms with Gasteiger partial charge in [0, 0.05) is 18.2 Å². The lowest BCUT2D eigenvalue weighted by Gasteiger charge is -2.33. The molecule has 1 aromatic carbocycles. The van der Waals surface area contributed by atoms with E-state index in [9.17, 15) is 24.9 Å². The van der Waals surface area contributed by atoms with Gasteiger partial charge in [0.05, 0.1) is 5.41 Å². The van der Waals surface area contributed by atoms with Crippen molar-refractivity contribution in [3.63, 3.8) is 0 Å². The van der Waals surface area contributed by atoms with Crippen molar-refractivity contribution in [1.29, 1.82) is 0 Å². The van der Waals surface area contributed by atoms with E-state index in [1.165, 1.54) is 12.1 Å². The molecule has 1 saturated carbocycles. The Kier molecular flexibility index (Phi) is 4.35. The van der Waals surface area contributed by atoms with Gasteiger partial charge < -0.3 is 20.6 Å². The van der Waals surface area contributed by atoms with E-state index >= 15 is 0 Å². The number of rotatable bonds is 4. The van der Waals surface area contributed by atoms with Crippen LogP contribution in [-0.4, -0.2) is 33.7 Å². The highest BCUT2D eigenvalue weighted by molar-refractivity contribution is 5.95. The van der Waals surface area contributed by atoms with Gasteiger partial charge in [0.2, 0.25) is 0 Å². The van der Waals surface area contributed by atoms with Crippen LogP contribution < -0.4 is 5.32 Å². The monoisotopic (exact) mass is 293 g/mol. The summed E-state index contributed by atoms with van der Waals surface area (Å²) in [7, 11) is 0. The van der Waals surface area contributed by atoms with Crippen molar-refractivity contribution in [2.24, 2.45) is 5.41 Å². The number of hydrogen-bond donors (Lipinski definition) is 4. The molecule has 0 unspecified atom stereocenters. The van der Waals surface area contributed by atoms with Gasteiger partial charge in [0.25, 0.3) is 5.91 Å². The van der Waals surface area contributed by atoms with Crippen LogP contribution in [0.3, 0.4) is 0 Å². The minimum Gasteiger partial charge on any atom is -0.508 e. The van der Waals surface area contributed by atoms with Crippen LogP contribution in [-0.2, 0) is 4.79 Å². The average Bonchev–Trinajstić information content (AvgIpc) is 2.44. The summed E-state index contributed by atoms with van der Waals surface area (Å²) >= 11 is 0. The first kappa shape index (κ1) is 15.2. The highest BCUT2D eigenvalue weighted by Crippen LogP contribution is 2.36. The molecule has 21 heavy (non-hydrogen) atoms. The zero-order chi connectivity index (χ0) is 15.5. The summed E-state index contributed by atoms with van der Waals surface area (Å²) in [5.74, 6) is -1.83. The molecule has 6 heteroatoms. The minimum absolute atomic E-state index is 0.0532. The van der Waals surface area contributed by atoms with E-state index in [0.29, 0.717) is 12.8 Å². The standard InChI is InChI=1S/C15H19NO5/c17-11-6-10(7-12(18)8-11)13(19)16-9-15(14(20)21)4-2-1-3-5-15/h6-8,17-18H,1-5,9H2,(H,16,19)(H,20,21). The Balaban J connectivity index is 2.06. The molecule has 1 aliphatic rings. The predicted molar refractivity (Wildman–Crippen MR) is 75.3 cm³/mol. The second kappa shape index (κ2) is 6.03. The first-order valence-corrected chi connectivity index (χ1v) is 6.98. The van der Waals surface area contributed by atoms with Crippen LogP contribution >= 0.6 is 0 Å². The Morgan fingerprint density at radius 3 is 2.14 bits per heavy atom. The van der Waals surface area contributed by atoms with Crippen LogP contribution in [0.4, 0.5) is 0 Å². The second-order valence-electron chi connectivity index (χ2n) is 5.57. The SMILES string of the molecule is O=C(NCC1(C(=O)O)CCCCC1)c1cc(O)cc(O)c1. The number of phenols is 2. The van der Waals surface area contributed by atoms with Crippen LogP contribution in [0, 0.1) is 5.41 Å². The molecule has 114 valence electrons. The van der Waals surface area contributed by atoms with Crippen molar-refractivity contribution in [1.82, 2.24) is 5.32 Å². The minimum atomic E-state index is -0.910. The van der Waals surface area contributed by atoms with Gasteiger partial charge in [0.1, 0.15) is 11.5 Å². The molecule has 0 spiro atoms. The van der Waals surface area contributed by atoms with Gasteiger partial charge in [-0.1, -0.05) is 19.3 Å². The maximum absolute atomic E-state index is 12.0. The number of carbonyl (C=O) groups excluding carboxylic acids is 1. The number of carbonyl (C=O) groups is 2. The lowest BCUT2D eigenvalue weighted by atomic mass is 9.74. The van der Waals surface area contributed by atoms with Gasteiger partial charge in [0.15, 0.2) is 0 Å². The zero-order valence-corrected chi connectivity index (χ0v) is 11.6. The lowest BCUT2D eigenvalue weighted by molar-refractivity contribution is -0.150. The summed E-state index contributed by atoms with van der Waals surface area (Å²) in [6, 6.07) is 3.57. The number of carboxylic acids is 1. The summed E-state index contributed by atoms with van der Waals surface area (Å²) in [5, 5.41) is 30.8. The van der Waals surface area contributed by atoms with E-state index in [4.69, 9.17) is 0 Å². The van der Waals surface area contributed by atoms with Gasteiger partial charge in [-0.15, -0.1) is 0 Å². The molecule has 0 aliphatic heterocycles. The maximum Gasteiger partial charge on any atom is 0.311 e. The van der Waals surface area contributed by atoms with Crippen LogP contribution in [0.25, 0.3) is 0 Å². The topological polar surface area (TPSA) is 107 Å². The molecule has 0 bridgehead atoms. The molecule has 2 rings (SSSR count). The summed E-state index contributed by atoms with van der Waals surface area (Å²) < 4.78 is 0. The number of phenolic OH excluding ortho intramolecular Hbond substituents is 2. The summed E-state index contributed by atoms with van der Waals surface area (Å²) in [4.78, 5) is 23.5. The van der Waals surface area contributed by atoms with Crippen molar-refractivity contribution in [3.05, 3.63) is 23.8 Å². The molecule has 0 heterocycles. The molecule has 1 fully saturated rings. The Morgan fingerprint density at radius 1 is 1.05 bits per heavy atom. The quantitative estimate of drug-likeness (QED) is 0.678. The van der Waals surface area contributed by atoms with E-state index < -0.39 is 17.3 Å². The molecular weight excluding hydrogens is 274 g/mol. The lowest BCUT2D eigenvalue weighted by Crippen LogP contribution is -2.44. The first-order chi connectivity index (χ1) is 9.93. The van der Waals surface area contributed by atoms with Crippen molar-refractivity contribution in [3.8, 4) is 11.5 Å². The smallest absolute Gasteiger partial charge is 0.311 e. The van der Waals surface area contributed by atoms with Crippen molar-refractivity contribution in [2.75, 3.05) is 6.54 Å². The average molecular weight is 293 g/mol. The fraction of sp³-hybridized carbons (Fsp3) is 0.467. The Hall–Kier alpha value is -2.24. The van der Waals surface area contributed by atoms with Crippen molar-refractivity contribution < 1.29 is 24.9 Å². The fourth-order valence-electron chi connectivity index (χ4n) is 2.77. The molecule has 0 atom stereocenters. The molecule has 6 nitrogen and oxygen atoms in total.